The van der Waals surface area contributed by atoms with Gasteiger partial charge in [-0.15, -0.1) is 0 Å². The van der Waals surface area contributed by atoms with E-state index in [4.69, 9.17) is 9.84 Å². The Balaban J connectivity index is 1.78. The van der Waals surface area contributed by atoms with Gasteiger partial charge in [0.25, 0.3) is 0 Å². The molecule has 90 valence electrons. The van der Waals surface area contributed by atoms with Gasteiger partial charge >= 0.3 is 5.97 Å². The molecule has 3 atom stereocenters. The van der Waals surface area contributed by atoms with Crippen molar-refractivity contribution in [2.45, 2.75) is 44.2 Å². The summed E-state index contributed by atoms with van der Waals surface area (Å²) < 4.78 is 5.27. The molecule has 5 heteroatoms. The molecular formula is C11H17NO4. The van der Waals surface area contributed by atoms with Crippen LogP contribution in [0, 0.1) is 5.92 Å². The standard InChI is InChI=1S/C11H17NO4/c13-10(9-2-1-5-16-9)12-8-4-3-7(6-8)11(14)15/h7-9H,1-6H2,(H,12,13)(H,14,15)/t7-,8+,9?/m1/s1. The van der Waals surface area contributed by atoms with Crippen molar-refractivity contribution in [3.8, 4) is 0 Å². The average molecular weight is 227 g/mol. The maximum absolute atomic E-state index is 11.7. The molecular weight excluding hydrogens is 210 g/mol. The van der Waals surface area contributed by atoms with Crippen molar-refractivity contribution in [2.75, 3.05) is 6.61 Å². The Bertz CT molecular complexity index is 286. The molecule has 1 aliphatic heterocycles. The van der Waals surface area contributed by atoms with E-state index in [1.807, 2.05) is 0 Å². The Kier molecular flexibility index (Phi) is 3.43. The summed E-state index contributed by atoms with van der Waals surface area (Å²) in [6, 6.07) is 0.0119. The van der Waals surface area contributed by atoms with Crippen molar-refractivity contribution in [2.24, 2.45) is 5.92 Å². The molecule has 2 aliphatic rings. The Labute approximate surface area is 94.2 Å². The fraction of sp³-hybridized carbons (Fsp3) is 0.818. The lowest BCUT2D eigenvalue weighted by molar-refractivity contribution is -0.141. The summed E-state index contributed by atoms with van der Waals surface area (Å²) in [7, 11) is 0. The third-order valence-electron chi connectivity index (χ3n) is 3.35. The van der Waals surface area contributed by atoms with Crippen molar-refractivity contribution in [1.29, 1.82) is 0 Å². The monoisotopic (exact) mass is 227 g/mol. The second-order valence-electron chi connectivity index (χ2n) is 4.56. The molecule has 1 aliphatic carbocycles. The zero-order valence-electron chi connectivity index (χ0n) is 9.15. The summed E-state index contributed by atoms with van der Waals surface area (Å²) in [5, 5.41) is 11.7. The summed E-state index contributed by atoms with van der Waals surface area (Å²) >= 11 is 0. The minimum absolute atomic E-state index is 0.0119. The molecule has 1 saturated heterocycles. The van der Waals surface area contributed by atoms with Crippen LogP contribution in [-0.4, -0.2) is 35.7 Å². The van der Waals surface area contributed by atoms with Gasteiger partial charge in [0.15, 0.2) is 0 Å². The highest BCUT2D eigenvalue weighted by molar-refractivity contribution is 5.81. The van der Waals surface area contributed by atoms with Crippen LogP contribution in [0.15, 0.2) is 0 Å². The number of carbonyl (C=O) groups is 2. The van der Waals surface area contributed by atoms with Gasteiger partial charge in [-0.2, -0.15) is 0 Å². The van der Waals surface area contributed by atoms with Crippen LogP contribution in [0.5, 0.6) is 0 Å². The predicted octanol–water partition coefficient (Wildman–Crippen LogP) is 0.535. The minimum Gasteiger partial charge on any atom is -0.481 e. The quantitative estimate of drug-likeness (QED) is 0.737. The van der Waals surface area contributed by atoms with Crippen LogP contribution >= 0.6 is 0 Å². The molecule has 1 amide bonds. The number of nitrogens with one attached hydrogen (secondary N) is 1. The number of aliphatic carboxylic acids is 1. The summed E-state index contributed by atoms with van der Waals surface area (Å²) in [6.45, 7) is 0.653. The van der Waals surface area contributed by atoms with Gasteiger partial charge in [-0.1, -0.05) is 0 Å². The molecule has 16 heavy (non-hydrogen) atoms. The number of amides is 1. The van der Waals surface area contributed by atoms with Gasteiger partial charge in [-0.05, 0) is 32.1 Å². The Morgan fingerprint density at radius 2 is 2.06 bits per heavy atom. The van der Waals surface area contributed by atoms with Crippen molar-refractivity contribution in [3.63, 3.8) is 0 Å². The molecule has 2 N–H and O–H groups in total. The van der Waals surface area contributed by atoms with E-state index in [1.54, 1.807) is 0 Å². The topological polar surface area (TPSA) is 75.6 Å². The van der Waals surface area contributed by atoms with Crippen LogP contribution in [0.3, 0.4) is 0 Å². The highest BCUT2D eigenvalue weighted by atomic mass is 16.5. The molecule has 0 bridgehead atoms. The number of hydrogen-bond donors (Lipinski definition) is 2. The van der Waals surface area contributed by atoms with Gasteiger partial charge in [0.05, 0.1) is 5.92 Å². The maximum atomic E-state index is 11.7. The molecule has 0 aromatic carbocycles. The fourth-order valence-corrected chi connectivity index (χ4v) is 2.42. The Hall–Kier alpha value is -1.10. The van der Waals surface area contributed by atoms with E-state index < -0.39 is 5.97 Å². The molecule has 5 nitrogen and oxygen atoms in total. The molecule has 0 spiro atoms. The first-order valence-corrected chi connectivity index (χ1v) is 5.81. The predicted molar refractivity (Wildman–Crippen MR) is 55.9 cm³/mol. The zero-order chi connectivity index (χ0) is 11.5. The van der Waals surface area contributed by atoms with Crippen LogP contribution in [0.2, 0.25) is 0 Å². The highest BCUT2D eigenvalue weighted by Gasteiger charge is 2.32. The lowest BCUT2D eigenvalue weighted by Gasteiger charge is -2.15. The number of carboxylic acids is 1. The third-order valence-corrected chi connectivity index (χ3v) is 3.35. The second kappa shape index (κ2) is 4.82. The maximum Gasteiger partial charge on any atom is 0.306 e. The van der Waals surface area contributed by atoms with Crippen LogP contribution in [0.4, 0.5) is 0 Å². The highest BCUT2D eigenvalue weighted by Crippen LogP contribution is 2.26. The summed E-state index contributed by atoms with van der Waals surface area (Å²) in [5.74, 6) is -1.13. The van der Waals surface area contributed by atoms with Gasteiger partial charge < -0.3 is 15.2 Å². The van der Waals surface area contributed by atoms with E-state index in [9.17, 15) is 9.59 Å². The molecule has 2 rings (SSSR count). The molecule has 1 heterocycles. The van der Waals surface area contributed by atoms with Gasteiger partial charge in [0, 0.05) is 12.6 Å². The number of rotatable bonds is 3. The lowest BCUT2D eigenvalue weighted by atomic mass is 10.1. The second-order valence-corrected chi connectivity index (χ2v) is 4.56. The molecule has 1 unspecified atom stereocenters. The van der Waals surface area contributed by atoms with Crippen LogP contribution < -0.4 is 5.32 Å². The van der Waals surface area contributed by atoms with Crippen molar-refractivity contribution < 1.29 is 19.4 Å². The summed E-state index contributed by atoms with van der Waals surface area (Å²) in [5.41, 5.74) is 0. The van der Waals surface area contributed by atoms with Crippen molar-refractivity contribution >= 4 is 11.9 Å². The zero-order valence-corrected chi connectivity index (χ0v) is 9.15. The number of carboxylic acid groups (broad SMARTS) is 1. The number of hydrogen-bond acceptors (Lipinski definition) is 3. The van der Waals surface area contributed by atoms with E-state index in [2.05, 4.69) is 5.32 Å². The van der Waals surface area contributed by atoms with Gasteiger partial charge in [-0.25, -0.2) is 0 Å². The van der Waals surface area contributed by atoms with E-state index in [0.29, 0.717) is 19.4 Å². The van der Waals surface area contributed by atoms with E-state index in [0.717, 1.165) is 19.3 Å². The average Bonchev–Trinajstić information content (AvgIpc) is 2.87. The summed E-state index contributed by atoms with van der Waals surface area (Å²) in [4.78, 5) is 22.4. The normalized spacial score (nSPS) is 33.9. The smallest absolute Gasteiger partial charge is 0.306 e. The van der Waals surface area contributed by atoms with E-state index in [-0.39, 0.29) is 24.0 Å². The van der Waals surface area contributed by atoms with Crippen LogP contribution in [-0.2, 0) is 14.3 Å². The van der Waals surface area contributed by atoms with Crippen LogP contribution in [0.25, 0.3) is 0 Å². The first-order valence-electron chi connectivity index (χ1n) is 5.81. The van der Waals surface area contributed by atoms with E-state index in [1.165, 1.54) is 0 Å². The molecule has 1 saturated carbocycles. The van der Waals surface area contributed by atoms with Gasteiger partial charge in [-0.3, -0.25) is 9.59 Å². The Morgan fingerprint density at radius 3 is 2.62 bits per heavy atom. The fourth-order valence-electron chi connectivity index (χ4n) is 2.42. The molecule has 2 fully saturated rings. The SMILES string of the molecule is O=C(N[C@H]1CC[C@@H](C(=O)O)C1)C1CCCO1. The first kappa shape index (κ1) is 11.4. The molecule has 0 radical (unpaired) electrons. The van der Waals surface area contributed by atoms with Gasteiger partial charge in [0.2, 0.25) is 5.91 Å². The summed E-state index contributed by atoms with van der Waals surface area (Å²) in [6.07, 6.45) is 3.36. The third kappa shape index (κ3) is 2.52. The van der Waals surface area contributed by atoms with Crippen molar-refractivity contribution in [3.05, 3.63) is 0 Å². The van der Waals surface area contributed by atoms with Crippen molar-refractivity contribution in [1.82, 2.24) is 5.32 Å². The molecule has 0 aromatic rings. The number of ether oxygens (including phenoxy) is 1. The molecule has 0 aromatic heterocycles. The van der Waals surface area contributed by atoms with Crippen LogP contribution in [0.1, 0.15) is 32.1 Å². The Morgan fingerprint density at radius 1 is 1.25 bits per heavy atom. The number of carbonyl (C=O) groups excluding carboxylic acids is 1. The lowest BCUT2D eigenvalue weighted by Crippen LogP contribution is -2.40. The minimum atomic E-state index is -0.756. The first-order chi connectivity index (χ1) is 7.66. The largest absolute Gasteiger partial charge is 0.481 e. The van der Waals surface area contributed by atoms with E-state index >= 15 is 0 Å². The van der Waals surface area contributed by atoms with Gasteiger partial charge in [0.1, 0.15) is 6.10 Å².